The monoisotopic (exact) mass is 375 g/mol. The van der Waals surface area contributed by atoms with Crippen LogP contribution in [0.4, 0.5) is 0 Å². The first-order valence-electron chi connectivity index (χ1n) is 9.04. The highest BCUT2D eigenvalue weighted by molar-refractivity contribution is 5.79. The summed E-state index contributed by atoms with van der Waals surface area (Å²) in [4.78, 5) is 8.87. The molecule has 0 bridgehead atoms. The second-order valence-electron chi connectivity index (χ2n) is 6.91. The molecule has 1 aromatic carbocycles. The first-order chi connectivity index (χ1) is 12.9. The van der Waals surface area contributed by atoms with Crippen LogP contribution in [0.1, 0.15) is 39.4 Å². The van der Waals surface area contributed by atoms with Crippen LogP contribution in [0.2, 0.25) is 0 Å². The summed E-state index contributed by atoms with van der Waals surface area (Å²) in [6.45, 7) is 10.3. The summed E-state index contributed by atoms with van der Waals surface area (Å²) < 4.78 is 16.1. The Morgan fingerprint density at radius 1 is 1.15 bits per heavy atom. The number of benzene rings is 1. The van der Waals surface area contributed by atoms with Gasteiger partial charge in [0, 0.05) is 12.0 Å². The minimum atomic E-state index is -0.170. The molecule has 8 nitrogen and oxygen atoms in total. The molecule has 0 fully saturated rings. The molecule has 0 aliphatic carbocycles. The number of hydrogen-bond donors (Lipinski definition) is 2. The highest BCUT2D eigenvalue weighted by Gasteiger charge is 2.21. The van der Waals surface area contributed by atoms with Crippen molar-refractivity contribution in [2.75, 3.05) is 26.8 Å². The van der Waals surface area contributed by atoms with E-state index in [0.717, 1.165) is 18.0 Å². The fourth-order valence-electron chi connectivity index (χ4n) is 2.12. The SMILES string of the molecule is CCNC(=NCc1noc(C(C)(C)C)n1)NCCOc1ccc(OC)cc1. The maximum Gasteiger partial charge on any atom is 0.232 e. The molecule has 148 valence electrons. The second kappa shape index (κ2) is 9.80. The zero-order chi connectivity index (χ0) is 19.7. The van der Waals surface area contributed by atoms with Crippen molar-refractivity contribution in [1.29, 1.82) is 0 Å². The molecule has 0 unspecified atom stereocenters. The minimum Gasteiger partial charge on any atom is -0.497 e. The third-order valence-electron chi connectivity index (χ3n) is 3.56. The van der Waals surface area contributed by atoms with Crippen LogP contribution in [-0.2, 0) is 12.0 Å². The molecule has 0 atom stereocenters. The van der Waals surface area contributed by atoms with Crippen LogP contribution >= 0.6 is 0 Å². The number of nitrogens with zero attached hydrogens (tertiary/aromatic N) is 3. The fraction of sp³-hybridized carbons (Fsp3) is 0.526. The molecule has 0 saturated carbocycles. The van der Waals surface area contributed by atoms with Crippen molar-refractivity contribution in [3.8, 4) is 11.5 Å². The van der Waals surface area contributed by atoms with Crippen molar-refractivity contribution in [2.24, 2.45) is 4.99 Å². The molecule has 27 heavy (non-hydrogen) atoms. The molecule has 0 amide bonds. The molecule has 0 saturated heterocycles. The zero-order valence-electron chi connectivity index (χ0n) is 16.7. The Kier molecular flexibility index (Phi) is 7.45. The number of nitrogens with one attached hydrogen (secondary N) is 2. The molecular weight excluding hydrogens is 346 g/mol. The Balaban J connectivity index is 1.81. The summed E-state index contributed by atoms with van der Waals surface area (Å²) >= 11 is 0. The van der Waals surface area contributed by atoms with Gasteiger partial charge in [-0.15, -0.1) is 0 Å². The maximum absolute atomic E-state index is 5.70. The fourth-order valence-corrected chi connectivity index (χ4v) is 2.12. The van der Waals surface area contributed by atoms with Gasteiger partial charge < -0.3 is 24.6 Å². The topological polar surface area (TPSA) is 93.8 Å². The van der Waals surface area contributed by atoms with E-state index < -0.39 is 0 Å². The van der Waals surface area contributed by atoms with Gasteiger partial charge in [0.1, 0.15) is 24.7 Å². The Labute approximate surface area is 160 Å². The average molecular weight is 375 g/mol. The van der Waals surface area contributed by atoms with Gasteiger partial charge in [0.15, 0.2) is 11.8 Å². The molecule has 2 rings (SSSR count). The van der Waals surface area contributed by atoms with E-state index in [1.54, 1.807) is 7.11 Å². The third kappa shape index (κ3) is 6.80. The van der Waals surface area contributed by atoms with Crippen LogP contribution in [0.5, 0.6) is 11.5 Å². The molecule has 8 heteroatoms. The number of aliphatic imine (C=N–C) groups is 1. The van der Waals surface area contributed by atoms with Gasteiger partial charge in [0.25, 0.3) is 0 Å². The maximum atomic E-state index is 5.70. The summed E-state index contributed by atoms with van der Waals surface area (Å²) in [6.07, 6.45) is 0. The summed E-state index contributed by atoms with van der Waals surface area (Å²) in [5, 5.41) is 10.4. The Hall–Kier alpha value is -2.77. The second-order valence-corrected chi connectivity index (χ2v) is 6.91. The van der Waals surface area contributed by atoms with Gasteiger partial charge in [-0.2, -0.15) is 4.98 Å². The van der Waals surface area contributed by atoms with Gasteiger partial charge in [-0.25, -0.2) is 4.99 Å². The molecular formula is C19H29N5O3. The van der Waals surface area contributed by atoms with Crippen molar-refractivity contribution in [2.45, 2.75) is 39.7 Å². The number of ether oxygens (including phenoxy) is 2. The highest BCUT2D eigenvalue weighted by Crippen LogP contribution is 2.19. The molecule has 0 aliphatic rings. The molecule has 2 aromatic rings. The van der Waals surface area contributed by atoms with Crippen molar-refractivity contribution < 1.29 is 14.0 Å². The Morgan fingerprint density at radius 3 is 2.44 bits per heavy atom. The molecule has 2 N–H and O–H groups in total. The standard InChI is InChI=1S/C19H29N5O3/c1-6-20-18(22-13-16-23-17(27-24-16)19(2,3)4)21-11-12-26-15-9-7-14(25-5)8-10-15/h7-10H,6,11-13H2,1-5H3,(H2,20,21,22). The number of methoxy groups -OCH3 is 1. The summed E-state index contributed by atoms with van der Waals surface area (Å²) in [5.74, 6) is 3.45. The summed E-state index contributed by atoms with van der Waals surface area (Å²) in [7, 11) is 1.64. The number of rotatable bonds is 8. The zero-order valence-corrected chi connectivity index (χ0v) is 16.7. The third-order valence-corrected chi connectivity index (χ3v) is 3.56. The predicted molar refractivity (Wildman–Crippen MR) is 104 cm³/mol. The summed E-state index contributed by atoms with van der Waals surface area (Å²) in [5.41, 5.74) is -0.170. The highest BCUT2D eigenvalue weighted by atomic mass is 16.5. The van der Waals surface area contributed by atoms with Gasteiger partial charge in [0.05, 0.1) is 13.7 Å². The normalized spacial score (nSPS) is 12.0. The van der Waals surface area contributed by atoms with E-state index in [1.807, 2.05) is 52.0 Å². The number of aromatic nitrogens is 2. The average Bonchev–Trinajstić information content (AvgIpc) is 3.13. The van der Waals surface area contributed by atoms with Gasteiger partial charge in [-0.05, 0) is 31.2 Å². The molecule has 0 radical (unpaired) electrons. The van der Waals surface area contributed by atoms with Gasteiger partial charge in [-0.1, -0.05) is 25.9 Å². The van der Waals surface area contributed by atoms with E-state index in [2.05, 4.69) is 25.8 Å². The summed E-state index contributed by atoms with van der Waals surface area (Å²) in [6, 6.07) is 7.48. The molecule has 0 spiro atoms. The Morgan fingerprint density at radius 2 is 1.85 bits per heavy atom. The van der Waals surface area contributed by atoms with Crippen molar-refractivity contribution >= 4 is 5.96 Å². The molecule has 0 aliphatic heterocycles. The van der Waals surface area contributed by atoms with Crippen molar-refractivity contribution in [1.82, 2.24) is 20.8 Å². The Bertz CT molecular complexity index is 720. The predicted octanol–water partition coefficient (Wildman–Crippen LogP) is 2.51. The lowest BCUT2D eigenvalue weighted by Crippen LogP contribution is -2.39. The quantitative estimate of drug-likeness (QED) is 0.416. The van der Waals surface area contributed by atoms with Crippen LogP contribution in [0.25, 0.3) is 0 Å². The smallest absolute Gasteiger partial charge is 0.232 e. The van der Waals surface area contributed by atoms with Crippen molar-refractivity contribution in [3.05, 3.63) is 36.0 Å². The lowest BCUT2D eigenvalue weighted by Gasteiger charge is -2.12. The molecule has 1 heterocycles. The van der Waals surface area contributed by atoms with E-state index in [0.29, 0.717) is 37.4 Å². The molecule has 1 aromatic heterocycles. The van der Waals surface area contributed by atoms with Crippen LogP contribution in [0.15, 0.2) is 33.8 Å². The van der Waals surface area contributed by atoms with E-state index in [-0.39, 0.29) is 5.41 Å². The lowest BCUT2D eigenvalue weighted by atomic mass is 9.97. The van der Waals surface area contributed by atoms with Crippen LogP contribution in [0, 0.1) is 0 Å². The van der Waals surface area contributed by atoms with E-state index in [4.69, 9.17) is 14.0 Å². The van der Waals surface area contributed by atoms with Crippen LogP contribution < -0.4 is 20.1 Å². The number of guanidine groups is 1. The largest absolute Gasteiger partial charge is 0.497 e. The minimum absolute atomic E-state index is 0.170. The van der Waals surface area contributed by atoms with Crippen molar-refractivity contribution in [3.63, 3.8) is 0 Å². The lowest BCUT2D eigenvalue weighted by molar-refractivity contribution is 0.318. The van der Waals surface area contributed by atoms with Crippen LogP contribution in [-0.4, -0.2) is 42.9 Å². The first kappa shape index (κ1) is 20.5. The van der Waals surface area contributed by atoms with E-state index in [1.165, 1.54) is 0 Å². The first-order valence-corrected chi connectivity index (χ1v) is 9.04. The van der Waals surface area contributed by atoms with Crippen LogP contribution in [0.3, 0.4) is 0 Å². The number of hydrogen-bond acceptors (Lipinski definition) is 6. The van der Waals surface area contributed by atoms with E-state index >= 15 is 0 Å². The van der Waals surface area contributed by atoms with Gasteiger partial charge in [-0.3, -0.25) is 0 Å². The van der Waals surface area contributed by atoms with Gasteiger partial charge in [0.2, 0.25) is 5.89 Å². The van der Waals surface area contributed by atoms with Gasteiger partial charge >= 0.3 is 0 Å². The van der Waals surface area contributed by atoms with E-state index in [9.17, 15) is 0 Å².